The quantitative estimate of drug-likeness (QED) is 0.893. The zero-order valence-electron chi connectivity index (χ0n) is 9.38. The Morgan fingerprint density at radius 3 is 2.94 bits per heavy atom. The molecule has 0 saturated carbocycles. The van der Waals surface area contributed by atoms with Crippen LogP contribution in [-0.2, 0) is 13.0 Å². The summed E-state index contributed by atoms with van der Waals surface area (Å²) in [7, 11) is 0. The van der Waals surface area contributed by atoms with Crippen LogP contribution >= 0.6 is 15.9 Å². The molecule has 0 aromatic heterocycles. The summed E-state index contributed by atoms with van der Waals surface area (Å²) in [4.78, 5) is 0. The number of halogens is 1. The van der Waals surface area contributed by atoms with E-state index in [0.717, 1.165) is 28.9 Å². The Labute approximate surface area is 105 Å². The predicted molar refractivity (Wildman–Crippen MR) is 69.4 cm³/mol. The van der Waals surface area contributed by atoms with Crippen LogP contribution in [0.5, 0.6) is 0 Å². The van der Waals surface area contributed by atoms with Crippen LogP contribution in [0.15, 0.2) is 22.7 Å². The highest BCUT2D eigenvalue weighted by Crippen LogP contribution is 2.24. The zero-order chi connectivity index (χ0) is 11.4. The Bertz CT molecular complexity index is 348. The van der Waals surface area contributed by atoms with Crippen molar-refractivity contribution < 1.29 is 5.11 Å². The van der Waals surface area contributed by atoms with E-state index >= 15 is 0 Å². The molecule has 0 bridgehead atoms. The molecule has 1 fully saturated rings. The first kappa shape index (κ1) is 12.1. The molecule has 3 heteroatoms. The molecule has 2 rings (SSSR count). The maximum atomic E-state index is 9.04. The van der Waals surface area contributed by atoms with Crippen molar-refractivity contribution in [2.45, 2.75) is 25.9 Å². The second-order valence-electron chi connectivity index (χ2n) is 4.50. The third-order valence-electron chi connectivity index (χ3n) is 3.21. The number of hydrogen-bond donors (Lipinski definition) is 2. The molecule has 88 valence electrons. The highest BCUT2D eigenvalue weighted by Gasteiger charge is 2.14. The van der Waals surface area contributed by atoms with Gasteiger partial charge in [-0.2, -0.15) is 0 Å². The van der Waals surface area contributed by atoms with E-state index in [1.54, 1.807) is 0 Å². The van der Waals surface area contributed by atoms with Gasteiger partial charge in [0.15, 0.2) is 0 Å². The number of nitrogens with one attached hydrogen (secondary N) is 1. The van der Waals surface area contributed by atoms with Crippen molar-refractivity contribution >= 4 is 15.9 Å². The number of piperidine rings is 1. The van der Waals surface area contributed by atoms with Gasteiger partial charge in [-0.3, -0.25) is 0 Å². The SMILES string of the molecule is OCc1ccc(CC2CCCNC2)c(Br)c1. The summed E-state index contributed by atoms with van der Waals surface area (Å²) in [5.74, 6) is 0.755. The zero-order valence-corrected chi connectivity index (χ0v) is 11.0. The fraction of sp³-hybridized carbons (Fsp3) is 0.538. The van der Waals surface area contributed by atoms with Crippen LogP contribution in [0.4, 0.5) is 0 Å². The van der Waals surface area contributed by atoms with E-state index in [2.05, 4.69) is 27.3 Å². The van der Waals surface area contributed by atoms with Gasteiger partial charge in [0, 0.05) is 4.47 Å². The molecule has 2 N–H and O–H groups in total. The molecule has 1 aliphatic heterocycles. The molecular weight excluding hydrogens is 266 g/mol. The average molecular weight is 284 g/mol. The van der Waals surface area contributed by atoms with Gasteiger partial charge in [-0.05, 0) is 55.5 Å². The first-order chi connectivity index (χ1) is 7.79. The molecule has 0 radical (unpaired) electrons. The Morgan fingerprint density at radius 2 is 2.31 bits per heavy atom. The monoisotopic (exact) mass is 283 g/mol. The van der Waals surface area contributed by atoms with Gasteiger partial charge in [0.25, 0.3) is 0 Å². The minimum Gasteiger partial charge on any atom is -0.392 e. The molecule has 0 amide bonds. The predicted octanol–water partition coefficient (Wildman–Crippen LogP) is 2.48. The van der Waals surface area contributed by atoms with Crippen molar-refractivity contribution in [3.8, 4) is 0 Å². The van der Waals surface area contributed by atoms with Crippen LogP contribution in [0.3, 0.4) is 0 Å². The highest BCUT2D eigenvalue weighted by molar-refractivity contribution is 9.10. The van der Waals surface area contributed by atoms with Crippen LogP contribution < -0.4 is 5.32 Å². The minimum atomic E-state index is 0.115. The molecule has 1 atom stereocenters. The number of aliphatic hydroxyl groups is 1. The highest BCUT2D eigenvalue weighted by atomic mass is 79.9. The van der Waals surface area contributed by atoms with E-state index in [4.69, 9.17) is 5.11 Å². The van der Waals surface area contributed by atoms with Crippen molar-refractivity contribution in [1.82, 2.24) is 5.32 Å². The molecule has 1 aromatic carbocycles. The lowest BCUT2D eigenvalue weighted by Gasteiger charge is -2.23. The topological polar surface area (TPSA) is 32.3 Å². The lowest BCUT2D eigenvalue weighted by atomic mass is 9.92. The van der Waals surface area contributed by atoms with Gasteiger partial charge < -0.3 is 10.4 Å². The van der Waals surface area contributed by atoms with Crippen molar-refractivity contribution in [3.05, 3.63) is 33.8 Å². The van der Waals surface area contributed by atoms with Gasteiger partial charge in [-0.25, -0.2) is 0 Å². The van der Waals surface area contributed by atoms with Gasteiger partial charge in [-0.1, -0.05) is 28.1 Å². The summed E-state index contributed by atoms with van der Waals surface area (Å²) < 4.78 is 1.13. The average Bonchev–Trinajstić information content (AvgIpc) is 2.33. The molecule has 1 heterocycles. The second kappa shape index (κ2) is 5.80. The van der Waals surface area contributed by atoms with E-state index in [1.807, 2.05) is 12.1 Å². The summed E-state index contributed by atoms with van der Waals surface area (Å²) in [6.07, 6.45) is 3.73. The van der Waals surface area contributed by atoms with Crippen LogP contribution in [-0.4, -0.2) is 18.2 Å². The molecule has 0 spiro atoms. The molecule has 1 unspecified atom stereocenters. The normalized spacial score (nSPS) is 21.0. The fourth-order valence-electron chi connectivity index (χ4n) is 2.26. The number of benzene rings is 1. The fourth-order valence-corrected chi connectivity index (χ4v) is 2.85. The van der Waals surface area contributed by atoms with Gasteiger partial charge in [-0.15, -0.1) is 0 Å². The molecule has 1 aromatic rings. The third-order valence-corrected chi connectivity index (χ3v) is 3.95. The van der Waals surface area contributed by atoms with Crippen molar-refractivity contribution in [3.63, 3.8) is 0 Å². The van der Waals surface area contributed by atoms with E-state index in [0.29, 0.717) is 0 Å². The number of hydrogen-bond acceptors (Lipinski definition) is 2. The van der Waals surface area contributed by atoms with E-state index < -0.39 is 0 Å². The minimum absolute atomic E-state index is 0.115. The van der Waals surface area contributed by atoms with Crippen LogP contribution in [0.2, 0.25) is 0 Å². The molecule has 16 heavy (non-hydrogen) atoms. The summed E-state index contributed by atoms with van der Waals surface area (Å²) in [5.41, 5.74) is 2.32. The van der Waals surface area contributed by atoms with Gasteiger partial charge in [0.1, 0.15) is 0 Å². The first-order valence-electron chi connectivity index (χ1n) is 5.88. The largest absolute Gasteiger partial charge is 0.392 e. The molecule has 1 aliphatic rings. The summed E-state index contributed by atoms with van der Waals surface area (Å²) in [5, 5.41) is 12.5. The van der Waals surface area contributed by atoms with Crippen LogP contribution in [0, 0.1) is 5.92 Å². The molecule has 0 aliphatic carbocycles. The van der Waals surface area contributed by atoms with Crippen LogP contribution in [0.1, 0.15) is 24.0 Å². The summed E-state index contributed by atoms with van der Waals surface area (Å²) >= 11 is 3.58. The standard InChI is InChI=1S/C13H18BrNO/c14-13-7-11(9-16)3-4-12(13)6-10-2-1-5-15-8-10/h3-4,7,10,15-16H,1-2,5-6,8-9H2. The van der Waals surface area contributed by atoms with Gasteiger partial charge in [0.05, 0.1) is 6.61 Å². The lowest BCUT2D eigenvalue weighted by Crippen LogP contribution is -2.30. The first-order valence-corrected chi connectivity index (χ1v) is 6.68. The lowest BCUT2D eigenvalue weighted by molar-refractivity contribution is 0.281. The maximum Gasteiger partial charge on any atom is 0.0682 e. The van der Waals surface area contributed by atoms with Crippen molar-refractivity contribution in [1.29, 1.82) is 0 Å². The van der Waals surface area contributed by atoms with Gasteiger partial charge >= 0.3 is 0 Å². The smallest absolute Gasteiger partial charge is 0.0682 e. The van der Waals surface area contributed by atoms with Crippen molar-refractivity contribution in [2.24, 2.45) is 5.92 Å². The number of rotatable bonds is 3. The molecular formula is C13H18BrNO. The Balaban J connectivity index is 2.03. The van der Waals surface area contributed by atoms with Crippen LogP contribution in [0.25, 0.3) is 0 Å². The van der Waals surface area contributed by atoms with E-state index in [9.17, 15) is 0 Å². The molecule has 2 nitrogen and oxygen atoms in total. The van der Waals surface area contributed by atoms with Crippen molar-refractivity contribution in [2.75, 3.05) is 13.1 Å². The summed E-state index contributed by atoms with van der Waals surface area (Å²) in [6.45, 7) is 2.42. The Kier molecular flexibility index (Phi) is 4.38. The maximum absolute atomic E-state index is 9.04. The second-order valence-corrected chi connectivity index (χ2v) is 5.35. The molecule has 1 saturated heterocycles. The van der Waals surface area contributed by atoms with E-state index in [1.165, 1.54) is 24.9 Å². The summed E-state index contributed by atoms with van der Waals surface area (Å²) in [6, 6.07) is 6.16. The Morgan fingerprint density at radius 1 is 1.44 bits per heavy atom. The van der Waals surface area contributed by atoms with E-state index in [-0.39, 0.29) is 6.61 Å². The number of aliphatic hydroxyl groups excluding tert-OH is 1. The Hall–Kier alpha value is -0.380. The third kappa shape index (κ3) is 3.06. The van der Waals surface area contributed by atoms with Gasteiger partial charge in [0.2, 0.25) is 0 Å².